The summed E-state index contributed by atoms with van der Waals surface area (Å²) >= 11 is 0. The minimum absolute atomic E-state index is 0.308. The van der Waals surface area contributed by atoms with Crippen LogP contribution in [0.2, 0.25) is 0 Å². The average Bonchev–Trinajstić information content (AvgIpc) is 2.14. The second kappa shape index (κ2) is 4.23. The molecule has 0 saturated carbocycles. The highest BCUT2D eigenvalue weighted by atomic mass is 14.6. The van der Waals surface area contributed by atoms with Crippen molar-refractivity contribution in [2.24, 2.45) is 5.41 Å². The topological polar surface area (TPSA) is 36.7 Å². The van der Waals surface area contributed by atoms with E-state index in [4.69, 9.17) is 5.26 Å². The van der Waals surface area contributed by atoms with E-state index in [0.29, 0.717) is 5.41 Å². The summed E-state index contributed by atoms with van der Waals surface area (Å²) in [7, 11) is 0. The van der Waals surface area contributed by atoms with Gasteiger partial charge < -0.3 is 0 Å². The van der Waals surface area contributed by atoms with Crippen molar-refractivity contribution in [1.29, 1.82) is 5.26 Å². The number of nitriles is 1. The summed E-state index contributed by atoms with van der Waals surface area (Å²) in [5, 5.41) is 8.87. The number of pyridine rings is 1. The molecule has 0 radical (unpaired) electrons. The van der Waals surface area contributed by atoms with Gasteiger partial charge in [0.1, 0.15) is 0 Å². The van der Waals surface area contributed by atoms with Crippen LogP contribution >= 0.6 is 0 Å². The zero-order chi connectivity index (χ0) is 10.6. The lowest BCUT2D eigenvalue weighted by molar-refractivity contribution is 0.378. The van der Waals surface area contributed by atoms with Crippen molar-refractivity contribution in [3.05, 3.63) is 29.6 Å². The van der Waals surface area contributed by atoms with Gasteiger partial charge in [-0.25, -0.2) is 0 Å². The summed E-state index contributed by atoms with van der Waals surface area (Å²) in [5.74, 6) is 0. The molecule has 1 rings (SSSR count). The van der Waals surface area contributed by atoms with Crippen molar-refractivity contribution >= 4 is 0 Å². The predicted molar refractivity (Wildman–Crippen MR) is 56.7 cm³/mol. The fourth-order valence-corrected chi connectivity index (χ4v) is 1.25. The molecule has 1 heterocycles. The lowest BCUT2D eigenvalue weighted by atomic mass is 9.88. The summed E-state index contributed by atoms with van der Waals surface area (Å²) < 4.78 is 0. The molecule has 2 heteroatoms. The van der Waals surface area contributed by atoms with Crippen LogP contribution in [-0.4, -0.2) is 4.98 Å². The van der Waals surface area contributed by atoms with Gasteiger partial charge in [-0.05, 0) is 29.9 Å². The summed E-state index contributed by atoms with van der Waals surface area (Å²) in [6.07, 6.45) is 5.47. The van der Waals surface area contributed by atoms with E-state index in [1.165, 1.54) is 0 Å². The largest absolute Gasteiger partial charge is 0.264 e. The Bertz CT molecular complexity index is 342. The van der Waals surface area contributed by atoms with E-state index in [1.807, 2.05) is 0 Å². The van der Waals surface area contributed by atoms with Crippen LogP contribution in [0.3, 0.4) is 0 Å². The minimum atomic E-state index is 0.308. The monoisotopic (exact) mass is 188 g/mol. The maximum atomic E-state index is 8.87. The number of aryl methyl sites for hydroxylation is 1. The van der Waals surface area contributed by atoms with Gasteiger partial charge in [-0.15, -0.1) is 0 Å². The average molecular weight is 188 g/mol. The van der Waals surface area contributed by atoms with Gasteiger partial charge in [-0.2, -0.15) is 5.26 Å². The smallest absolute Gasteiger partial charge is 0.0995 e. The molecule has 14 heavy (non-hydrogen) atoms. The van der Waals surface area contributed by atoms with E-state index in [9.17, 15) is 0 Å². The van der Waals surface area contributed by atoms with Crippen molar-refractivity contribution in [2.75, 3.05) is 0 Å². The molecule has 0 unspecified atom stereocenters. The van der Waals surface area contributed by atoms with Crippen LogP contribution < -0.4 is 0 Å². The second-order valence-electron chi connectivity index (χ2n) is 4.71. The van der Waals surface area contributed by atoms with Crippen molar-refractivity contribution in [3.8, 4) is 6.07 Å². The first-order valence-corrected chi connectivity index (χ1v) is 4.86. The van der Waals surface area contributed by atoms with Crippen LogP contribution in [0.5, 0.6) is 0 Å². The first-order chi connectivity index (χ1) is 6.53. The summed E-state index contributed by atoms with van der Waals surface area (Å²) in [6.45, 7) is 6.61. The molecule has 0 spiro atoms. The second-order valence-corrected chi connectivity index (χ2v) is 4.71. The van der Waals surface area contributed by atoms with Gasteiger partial charge in [0.05, 0.1) is 11.6 Å². The van der Waals surface area contributed by atoms with E-state index in [-0.39, 0.29) is 0 Å². The molecule has 0 amide bonds. The Morgan fingerprint density at radius 1 is 1.43 bits per heavy atom. The Hall–Kier alpha value is -1.36. The van der Waals surface area contributed by atoms with Crippen LogP contribution in [0.25, 0.3) is 0 Å². The maximum Gasteiger partial charge on any atom is 0.0995 e. The molecular weight excluding hydrogens is 172 g/mol. The highest BCUT2D eigenvalue weighted by Gasteiger charge is 2.11. The van der Waals surface area contributed by atoms with E-state index in [2.05, 4.69) is 31.8 Å². The van der Waals surface area contributed by atoms with Crippen LogP contribution in [0, 0.1) is 16.7 Å². The molecule has 1 aromatic rings. The zero-order valence-electron chi connectivity index (χ0n) is 9.04. The summed E-state index contributed by atoms with van der Waals surface area (Å²) in [5.41, 5.74) is 2.12. The number of hydrogen-bond donors (Lipinski definition) is 0. The molecule has 0 bridgehead atoms. The molecule has 1 aromatic heterocycles. The van der Waals surface area contributed by atoms with Gasteiger partial charge in [-0.3, -0.25) is 4.98 Å². The van der Waals surface area contributed by atoms with Crippen LogP contribution in [0.1, 0.15) is 38.3 Å². The van der Waals surface area contributed by atoms with Crippen LogP contribution in [0.4, 0.5) is 0 Å². The fourth-order valence-electron chi connectivity index (χ4n) is 1.25. The standard InChI is InChI=1S/C12H16N2/c1-12(2,3)6-4-11-9-14-7-5-10(11)8-13/h5,7,9H,4,6H2,1-3H3. The molecule has 0 aliphatic carbocycles. The van der Waals surface area contributed by atoms with Crippen molar-refractivity contribution in [1.82, 2.24) is 4.98 Å². The quantitative estimate of drug-likeness (QED) is 0.715. The Morgan fingerprint density at radius 3 is 2.71 bits per heavy atom. The Morgan fingerprint density at radius 2 is 2.14 bits per heavy atom. The molecule has 0 N–H and O–H groups in total. The number of hydrogen-bond acceptors (Lipinski definition) is 2. The lowest BCUT2D eigenvalue weighted by Crippen LogP contribution is -2.07. The van der Waals surface area contributed by atoms with E-state index < -0.39 is 0 Å². The van der Waals surface area contributed by atoms with E-state index >= 15 is 0 Å². The van der Waals surface area contributed by atoms with E-state index in [1.54, 1.807) is 18.5 Å². The highest BCUT2D eigenvalue weighted by Crippen LogP contribution is 2.22. The lowest BCUT2D eigenvalue weighted by Gasteiger charge is -2.17. The predicted octanol–water partition coefficient (Wildman–Crippen LogP) is 2.93. The molecule has 0 aliphatic rings. The van der Waals surface area contributed by atoms with Gasteiger partial charge in [0.25, 0.3) is 0 Å². The van der Waals surface area contributed by atoms with Crippen LogP contribution in [0.15, 0.2) is 18.5 Å². The Balaban J connectivity index is 2.73. The molecule has 74 valence electrons. The molecule has 2 nitrogen and oxygen atoms in total. The van der Waals surface area contributed by atoms with Gasteiger partial charge in [0.2, 0.25) is 0 Å². The Labute approximate surface area is 85.6 Å². The van der Waals surface area contributed by atoms with E-state index in [0.717, 1.165) is 24.0 Å². The SMILES string of the molecule is CC(C)(C)CCc1cnccc1C#N. The zero-order valence-corrected chi connectivity index (χ0v) is 9.04. The molecule has 0 saturated heterocycles. The highest BCUT2D eigenvalue weighted by molar-refractivity contribution is 5.34. The number of rotatable bonds is 2. The molecular formula is C12H16N2. The third-order valence-electron chi connectivity index (χ3n) is 2.17. The number of aromatic nitrogens is 1. The summed E-state index contributed by atoms with van der Waals surface area (Å²) in [4.78, 5) is 4.04. The molecule has 0 aromatic carbocycles. The normalized spacial score (nSPS) is 11.0. The first kappa shape index (κ1) is 10.7. The molecule has 0 fully saturated rings. The Kier molecular flexibility index (Phi) is 3.24. The van der Waals surface area contributed by atoms with Gasteiger partial charge >= 0.3 is 0 Å². The number of nitrogens with zero attached hydrogens (tertiary/aromatic N) is 2. The third kappa shape index (κ3) is 3.18. The minimum Gasteiger partial charge on any atom is -0.264 e. The van der Waals surface area contributed by atoms with Crippen molar-refractivity contribution in [3.63, 3.8) is 0 Å². The van der Waals surface area contributed by atoms with Gasteiger partial charge in [0, 0.05) is 12.4 Å². The molecule has 0 atom stereocenters. The maximum absolute atomic E-state index is 8.87. The van der Waals surface area contributed by atoms with Crippen molar-refractivity contribution < 1.29 is 0 Å². The van der Waals surface area contributed by atoms with Gasteiger partial charge in [-0.1, -0.05) is 20.8 Å². The van der Waals surface area contributed by atoms with Gasteiger partial charge in [0.15, 0.2) is 0 Å². The summed E-state index contributed by atoms with van der Waals surface area (Å²) in [6, 6.07) is 3.97. The van der Waals surface area contributed by atoms with Crippen molar-refractivity contribution in [2.45, 2.75) is 33.6 Å². The molecule has 0 aliphatic heterocycles. The van der Waals surface area contributed by atoms with Crippen LogP contribution in [-0.2, 0) is 6.42 Å². The third-order valence-corrected chi connectivity index (χ3v) is 2.17. The first-order valence-electron chi connectivity index (χ1n) is 4.86. The fraction of sp³-hybridized carbons (Fsp3) is 0.500.